The van der Waals surface area contributed by atoms with Gasteiger partial charge in [-0.15, -0.1) is 36.2 Å². The van der Waals surface area contributed by atoms with Crippen molar-refractivity contribution in [2.45, 2.75) is 24.5 Å². The molecule has 18 heavy (non-hydrogen) atoms. The Labute approximate surface area is 122 Å². The maximum atomic E-state index is 11.4. The summed E-state index contributed by atoms with van der Waals surface area (Å²) in [4.78, 5) is 16.1. The topological polar surface area (TPSA) is 29.4 Å². The highest BCUT2D eigenvalue weighted by atomic mass is 32.2. The van der Waals surface area contributed by atoms with Crippen LogP contribution in [0.4, 0.5) is 0 Å². The van der Waals surface area contributed by atoms with Crippen molar-refractivity contribution in [1.29, 1.82) is 0 Å². The molecule has 0 radical (unpaired) electrons. The second kappa shape index (κ2) is 6.87. The number of thiol groups is 1. The van der Waals surface area contributed by atoms with Crippen molar-refractivity contribution in [1.82, 2.24) is 0 Å². The quantitative estimate of drug-likeness (QED) is 0.805. The fraction of sp³-hybridized carbons (Fsp3) is 0.538. The number of hydrogen-bond acceptors (Lipinski definition) is 4. The van der Waals surface area contributed by atoms with Crippen LogP contribution in [-0.4, -0.2) is 27.0 Å². The molecule has 1 heterocycles. The summed E-state index contributed by atoms with van der Waals surface area (Å²) in [5.74, 6) is 2.33. The fourth-order valence-corrected chi connectivity index (χ4v) is 4.90. The molecule has 2 nitrogen and oxygen atoms in total. The third-order valence-corrected chi connectivity index (χ3v) is 6.05. The van der Waals surface area contributed by atoms with Crippen molar-refractivity contribution in [3.05, 3.63) is 23.8 Å². The number of rotatable bonds is 4. The zero-order chi connectivity index (χ0) is 13.0. The van der Waals surface area contributed by atoms with Gasteiger partial charge in [0.05, 0.1) is 5.92 Å². The van der Waals surface area contributed by atoms with Crippen molar-refractivity contribution in [2.75, 3.05) is 11.5 Å². The first kappa shape index (κ1) is 14.3. The van der Waals surface area contributed by atoms with Gasteiger partial charge in [0.1, 0.15) is 4.71 Å². The van der Waals surface area contributed by atoms with Crippen LogP contribution < -0.4 is 0 Å². The molecule has 1 aliphatic carbocycles. The van der Waals surface area contributed by atoms with Gasteiger partial charge in [0.25, 0.3) is 0 Å². The fourth-order valence-electron chi connectivity index (χ4n) is 2.01. The Balaban J connectivity index is 1.99. The van der Waals surface area contributed by atoms with Gasteiger partial charge >= 0.3 is 0 Å². The molecule has 5 heteroatoms. The number of nitrogens with zero attached hydrogens (tertiary/aromatic N) is 1. The molecule has 1 fully saturated rings. The van der Waals surface area contributed by atoms with Crippen LogP contribution in [0.2, 0.25) is 0 Å². The molecule has 0 aromatic carbocycles. The molecule has 2 aliphatic rings. The van der Waals surface area contributed by atoms with E-state index in [0.29, 0.717) is 4.71 Å². The van der Waals surface area contributed by atoms with Crippen molar-refractivity contribution >= 4 is 47.0 Å². The first-order valence-corrected chi connectivity index (χ1v) is 8.66. The van der Waals surface area contributed by atoms with Crippen LogP contribution in [0.25, 0.3) is 0 Å². The normalized spacial score (nSPS) is 24.3. The number of thioether (sulfide) groups is 2. The monoisotopic (exact) mass is 299 g/mol. The summed E-state index contributed by atoms with van der Waals surface area (Å²) in [5, 5.41) is -0.0457. The minimum absolute atomic E-state index is 0.0457. The smallest absolute Gasteiger partial charge is 0.193 e. The van der Waals surface area contributed by atoms with Crippen LogP contribution in [0.3, 0.4) is 0 Å². The van der Waals surface area contributed by atoms with E-state index in [1.165, 1.54) is 11.5 Å². The Morgan fingerprint density at radius 2 is 2.22 bits per heavy atom. The van der Waals surface area contributed by atoms with Gasteiger partial charge < -0.3 is 0 Å². The highest BCUT2D eigenvalue weighted by Crippen LogP contribution is 2.33. The molecule has 0 N–H and O–H groups in total. The van der Waals surface area contributed by atoms with E-state index in [1.807, 2.05) is 42.6 Å². The standard InChI is InChI=1S/C13H17NOS3/c1-2-11(12(15)16)9-3-5-10(6-4-9)14-13-17-7-8-18-13/h3-5,11,13H,2,6-8H2,1H3,(H,15,16). The van der Waals surface area contributed by atoms with Crippen LogP contribution in [0.5, 0.6) is 0 Å². The molecule has 1 atom stereocenters. The van der Waals surface area contributed by atoms with Gasteiger partial charge in [0.15, 0.2) is 5.12 Å². The van der Waals surface area contributed by atoms with E-state index in [-0.39, 0.29) is 11.0 Å². The van der Waals surface area contributed by atoms with Gasteiger partial charge in [-0.05, 0) is 18.1 Å². The molecule has 1 unspecified atom stereocenters. The van der Waals surface area contributed by atoms with E-state index in [1.54, 1.807) is 0 Å². The maximum Gasteiger partial charge on any atom is 0.193 e. The summed E-state index contributed by atoms with van der Waals surface area (Å²) in [6, 6.07) is 0. The van der Waals surface area contributed by atoms with Crippen molar-refractivity contribution in [3.8, 4) is 0 Å². The largest absolute Gasteiger partial charge is 0.287 e. The van der Waals surface area contributed by atoms with Crippen LogP contribution in [-0.2, 0) is 4.79 Å². The summed E-state index contributed by atoms with van der Waals surface area (Å²) < 4.78 is 0.369. The Bertz CT molecular complexity index is 408. The lowest BCUT2D eigenvalue weighted by Crippen LogP contribution is -2.12. The molecule has 0 amide bonds. The zero-order valence-corrected chi connectivity index (χ0v) is 12.9. The van der Waals surface area contributed by atoms with E-state index in [4.69, 9.17) is 4.99 Å². The number of carbonyl (C=O) groups is 1. The summed E-state index contributed by atoms with van der Waals surface area (Å²) in [6.45, 7) is 2.02. The average Bonchev–Trinajstić information content (AvgIpc) is 2.84. The molecular formula is C13H17NOS3. The molecule has 0 aromatic rings. The molecule has 98 valence electrons. The van der Waals surface area contributed by atoms with Gasteiger partial charge in [-0.25, -0.2) is 0 Å². The van der Waals surface area contributed by atoms with Gasteiger partial charge in [-0.1, -0.05) is 19.1 Å². The van der Waals surface area contributed by atoms with Gasteiger partial charge in [0.2, 0.25) is 0 Å². The Hall–Kier alpha value is -0.130. The predicted molar refractivity (Wildman–Crippen MR) is 85.8 cm³/mol. The summed E-state index contributed by atoms with van der Waals surface area (Å²) >= 11 is 7.76. The molecule has 1 aliphatic heterocycles. The van der Waals surface area contributed by atoms with E-state index in [0.717, 1.165) is 24.1 Å². The lowest BCUT2D eigenvalue weighted by molar-refractivity contribution is -0.113. The van der Waals surface area contributed by atoms with Crippen molar-refractivity contribution < 1.29 is 4.79 Å². The van der Waals surface area contributed by atoms with E-state index < -0.39 is 0 Å². The second-order valence-corrected chi connectivity index (χ2v) is 7.33. The highest BCUT2D eigenvalue weighted by molar-refractivity contribution is 8.20. The van der Waals surface area contributed by atoms with Crippen LogP contribution in [0, 0.1) is 5.92 Å². The van der Waals surface area contributed by atoms with E-state index >= 15 is 0 Å². The summed E-state index contributed by atoms with van der Waals surface area (Å²) in [7, 11) is 0. The summed E-state index contributed by atoms with van der Waals surface area (Å²) in [5.41, 5.74) is 2.20. The van der Waals surface area contributed by atoms with Crippen LogP contribution >= 0.6 is 36.2 Å². The van der Waals surface area contributed by atoms with Gasteiger partial charge in [-0.2, -0.15) is 0 Å². The number of carbonyl (C=O) groups excluding carboxylic acids is 1. The Morgan fingerprint density at radius 3 is 2.72 bits per heavy atom. The number of hydrogen-bond donors (Lipinski definition) is 1. The first-order valence-electron chi connectivity index (χ1n) is 6.11. The van der Waals surface area contributed by atoms with Crippen LogP contribution in [0.1, 0.15) is 19.8 Å². The zero-order valence-electron chi connectivity index (χ0n) is 10.3. The molecule has 1 saturated heterocycles. The maximum absolute atomic E-state index is 11.4. The average molecular weight is 299 g/mol. The van der Waals surface area contributed by atoms with Crippen molar-refractivity contribution in [3.63, 3.8) is 0 Å². The lowest BCUT2D eigenvalue weighted by atomic mass is 9.92. The second-order valence-electron chi connectivity index (χ2n) is 4.21. The van der Waals surface area contributed by atoms with Crippen LogP contribution in [0.15, 0.2) is 28.8 Å². The van der Waals surface area contributed by atoms with E-state index in [9.17, 15) is 4.79 Å². The van der Waals surface area contributed by atoms with Crippen molar-refractivity contribution in [2.24, 2.45) is 10.9 Å². The highest BCUT2D eigenvalue weighted by Gasteiger charge is 2.19. The van der Waals surface area contributed by atoms with Gasteiger partial charge in [0, 0.05) is 23.6 Å². The Morgan fingerprint density at radius 1 is 1.50 bits per heavy atom. The minimum Gasteiger partial charge on any atom is -0.287 e. The molecule has 2 rings (SSSR count). The summed E-state index contributed by atoms with van der Waals surface area (Å²) in [6.07, 6.45) is 7.83. The van der Waals surface area contributed by atoms with E-state index in [2.05, 4.69) is 18.7 Å². The van der Waals surface area contributed by atoms with Gasteiger partial charge in [-0.3, -0.25) is 9.79 Å². The Kier molecular flexibility index (Phi) is 5.45. The predicted octanol–water partition coefficient (Wildman–Crippen LogP) is 3.56. The lowest BCUT2D eigenvalue weighted by Gasteiger charge is -2.16. The molecular weight excluding hydrogens is 282 g/mol. The molecule has 0 saturated carbocycles. The minimum atomic E-state index is -0.0682. The SMILES string of the molecule is CCC(C(=O)S)C1=CCC(=NC2SCCS2)C=C1. The molecule has 0 aromatic heterocycles. The molecule has 0 spiro atoms. The number of aliphatic imine (C=N–C) groups is 1. The number of allylic oxidation sites excluding steroid dienone is 4. The third kappa shape index (κ3) is 3.68. The molecule has 0 bridgehead atoms. The third-order valence-electron chi connectivity index (χ3n) is 3.00. The first-order chi connectivity index (χ1) is 8.70.